The van der Waals surface area contributed by atoms with E-state index in [0.717, 1.165) is 41.0 Å². The summed E-state index contributed by atoms with van der Waals surface area (Å²) in [5.41, 5.74) is 5.52. The molecule has 5 heteroatoms. The van der Waals surface area contributed by atoms with Crippen molar-refractivity contribution in [3.8, 4) is 28.1 Å². The zero-order valence-corrected chi connectivity index (χ0v) is 17.9. The molecule has 0 aliphatic carbocycles. The number of carbonyl (C=O) groups is 1. The molecule has 0 radical (unpaired) electrons. The van der Waals surface area contributed by atoms with Crippen LogP contribution in [0.5, 0.6) is 5.75 Å². The van der Waals surface area contributed by atoms with Crippen molar-refractivity contribution in [1.82, 2.24) is 4.57 Å². The molecule has 2 aliphatic rings. The molecular formula is C26H25NO4. The second kappa shape index (κ2) is 6.84. The van der Waals surface area contributed by atoms with Crippen LogP contribution < -0.4 is 10.2 Å². The molecule has 0 bridgehead atoms. The van der Waals surface area contributed by atoms with E-state index in [1.165, 1.54) is 23.4 Å². The highest BCUT2D eigenvalue weighted by Crippen LogP contribution is 2.49. The third-order valence-electron chi connectivity index (χ3n) is 6.50. The average molecular weight is 415 g/mol. The van der Waals surface area contributed by atoms with E-state index in [9.17, 15) is 14.7 Å². The van der Waals surface area contributed by atoms with E-state index in [1.54, 1.807) is 0 Å². The van der Waals surface area contributed by atoms with Crippen LogP contribution in [-0.2, 0) is 12.8 Å². The van der Waals surface area contributed by atoms with Gasteiger partial charge in [-0.25, -0.2) is 4.79 Å². The number of ether oxygens (including phenoxy) is 1. The Morgan fingerprint density at radius 2 is 1.84 bits per heavy atom. The molecule has 2 aromatic carbocycles. The number of aromatic carboxylic acids is 1. The van der Waals surface area contributed by atoms with E-state index in [1.807, 2.05) is 22.8 Å². The van der Waals surface area contributed by atoms with Gasteiger partial charge in [-0.15, -0.1) is 0 Å². The van der Waals surface area contributed by atoms with Gasteiger partial charge in [0.15, 0.2) is 5.43 Å². The molecule has 3 aromatic rings. The van der Waals surface area contributed by atoms with Crippen LogP contribution in [0.1, 0.15) is 48.3 Å². The van der Waals surface area contributed by atoms with Gasteiger partial charge < -0.3 is 14.4 Å². The maximum absolute atomic E-state index is 12.7. The Morgan fingerprint density at radius 1 is 1.10 bits per heavy atom. The minimum atomic E-state index is -1.19. The van der Waals surface area contributed by atoms with Gasteiger partial charge in [0.25, 0.3) is 0 Å². The van der Waals surface area contributed by atoms with Gasteiger partial charge in [0, 0.05) is 41.4 Å². The molecule has 3 heterocycles. The van der Waals surface area contributed by atoms with Crippen LogP contribution in [0.15, 0.2) is 53.5 Å². The minimum absolute atomic E-state index is 0.0287. The minimum Gasteiger partial charge on any atom is -0.492 e. The van der Waals surface area contributed by atoms with E-state index in [4.69, 9.17) is 4.74 Å². The summed E-state index contributed by atoms with van der Waals surface area (Å²) in [6, 6.07) is 13.7. The molecule has 0 saturated carbocycles. The summed E-state index contributed by atoms with van der Waals surface area (Å²) in [5.74, 6) is -0.248. The number of fused-ring (bicyclic) bond motifs is 5. The Labute approximate surface area is 180 Å². The lowest BCUT2D eigenvalue weighted by Gasteiger charge is -2.39. The average Bonchev–Trinajstić information content (AvgIpc) is 3.22. The molecule has 0 saturated heterocycles. The van der Waals surface area contributed by atoms with Crippen molar-refractivity contribution in [3.05, 3.63) is 75.6 Å². The van der Waals surface area contributed by atoms with Crippen molar-refractivity contribution in [1.29, 1.82) is 0 Å². The molecule has 31 heavy (non-hydrogen) atoms. The molecule has 1 atom stereocenters. The van der Waals surface area contributed by atoms with Crippen LogP contribution in [0.4, 0.5) is 0 Å². The first-order valence-corrected chi connectivity index (χ1v) is 10.6. The normalized spacial score (nSPS) is 16.8. The largest absolute Gasteiger partial charge is 0.492 e. The SMILES string of the molecule is CC(C)(C)C1Cc2c(cc(-c3ccccc3)c3c2CCO3)-c2cc(=O)c(C(=O)O)cn21. The molecule has 5 rings (SSSR count). The molecular weight excluding hydrogens is 390 g/mol. The van der Waals surface area contributed by atoms with Gasteiger partial charge in [0.05, 0.1) is 12.3 Å². The fourth-order valence-corrected chi connectivity index (χ4v) is 4.94. The van der Waals surface area contributed by atoms with Gasteiger partial charge in [-0.1, -0.05) is 51.1 Å². The molecule has 1 N–H and O–H groups in total. The molecule has 0 amide bonds. The quantitative estimate of drug-likeness (QED) is 0.642. The van der Waals surface area contributed by atoms with Crippen LogP contribution in [0.3, 0.4) is 0 Å². The van der Waals surface area contributed by atoms with Crippen LogP contribution in [0, 0.1) is 5.41 Å². The van der Waals surface area contributed by atoms with Crippen molar-refractivity contribution in [2.45, 2.75) is 39.7 Å². The molecule has 0 spiro atoms. The predicted molar refractivity (Wildman–Crippen MR) is 120 cm³/mol. The summed E-state index contributed by atoms with van der Waals surface area (Å²) in [7, 11) is 0. The second-order valence-corrected chi connectivity index (χ2v) is 9.46. The molecule has 0 fully saturated rings. The smallest absolute Gasteiger partial charge is 0.341 e. The molecule has 1 aromatic heterocycles. The standard InChI is InChI=1S/C26H25NO4/c1-26(2,3)23-12-18-16-9-10-31-24(16)17(15-7-5-4-6-8-15)11-19(18)21-13-22(28)20(25(29)30)14-27(21)23/h4-8,11,13-14,23H,9-10,12H2,1-3H3,(H,29,30). The van der Waals surface area contributed by atoms with E-state index >= 15 is 0 Å². The van der Waals surface area contributed by atoms with Crippen LogP contribution in [0.25, 0.3) is 22.4 Å². The fraction of sp³-hybridized carbons (Fsp3) is 0.308. The van der Waals surface area contributed by atoms with Crippen LogP contribution >= 0.6 is 0 Å². The third kappa shape index (κ3) is 3.07. The predicted octanol–water partition coefficient (Wildman–Crippen LogP) is 4.96. The Bertz CT molecular complexity index is 1270. The third-order valence-corrected chi connectivity index (χ3v) is 6.50. The number of carboxylic acid groups (broad SMARTS) is 1. The molecule has 2 aliphatic heterocycles. The summed E-state index contributed by atoms with van der Waals surface area (Å²) in [6.45, 7) is 7.11. The Kier molecular flexibility index (Phi) is 4.33. The summed E-state index contributed by atoms with van der Waals surface area (Å²) in [6.07, 6.45) is 3.14. The van der Waals surface area contributed by atoms with Crippen molar-refractivity contribution in [2.24, 2.45) is 5.41 Å². The zero-order chi connectivity index (χ0) is 21.9. The van der Waals surface area contributed by atoms with E-state index in [-0.39, 0.29) is 17.0 Å². The number of hydrogen-bond acceptors (Lipinski definition) is 3. The van der Waals surface area contributed by atoms with Crippen molar-refractivity contribution in [3.63, 3.8) is 0 Å². The first kappa shape index (κ1) is 19.6. The topological polar surface area (TPSA) is 68.5 Å². The zero-order valence-electron chi connectivity index (χ0n) is 17.9. The Balaban J connectivity index is 1.83. The van der Waals surface area contributed by atoms with E-state index in [2.05, 4.69) is 39.0 Å². The number of aromatic nitrogens is 1. The summed E-state index contributed by atoms with van der Waals surface area (Å²) >= 11 is 0. The van der Waals surface area contributed by atoms with Gasteiger partial charge >= 0.3 is 5.97 Å². The lowest BCUT2D eigenvalue weighted by molar-refractivity contribution is 0.0693. The number of benzene rings is 2. The number of rotatable bonds is 2. The first-order valence-electron chi connectivity index (χ1n) is 10.6. The highest BCUT2D eigenvalue weighted by molar-refractivity contribution is 5.88. The van der Waals surface area contributed by atoms with Gasteiger partial charge in [-0.05, 0) is 29.0 Å². The van der Waals surface area contributed by atoms with Crippen molar-refractivity contribution < 1.29 is 14.6 Å². The number of pyridine rings is 1. The Morgan fingerprint density at radius 3 is 2.52 bits per heavy atom. The summed E-state index contributed by atoms with van der Waals surface area (Å²) in [4.78, 5) is 24.3. The molecule has 158 valence electrons. The maximum Gasteiger partial charge on any atom is 0.341 e. The van der Waals surface area contributed by atoms with Gasteiger partial charge in [0.2, 0.25) is 0 Å². The monoisotopic (exact) mass is 415 g/mol. The molecule has 5 nitrogen and oxygen atoms in total. The molecule has 1 unspecified atom stereocenters. The number of carboxylic acids is 1. The van der Waals surface area contributed by atoms with Gasteiger partial charge in [-0.2, -0.15) is 0 Å². The van der Waals surface area contributed by atoms with Crippen molar-refractivity contribution >= 4 is 5.97 Å². The lowest BCUT2D eigenvalue weighted by atomic mass is 9.76. The van der Waals surface area contributed by atoms with Crippen molar-refractivity contribution in [2.75, 3.05) is 6.61 Å². The maximum atomic E-state index is 12.7. The highest BCUT2D eigenvalue weighted by Gasteiger charge is 2.36. The van der Waals surface area contributed by atoms with Gasteiger partial charge in [0.1, 0.15) is 11.3 Å². The van der Waals surface area contributed by atoms with Crippen LogP contribution in [0.2, 0.25) is 0 Å². The second-order valence-electron chi connectivity index (χ2n) is 9.46. The Hall–Kier alpha value is -3.34. The van der Waals surface area contributed by atoms with E-state index < -0.39 is 11.4 Å². The first-order chi connectivity index (χ1) is 14.8. The van der Waals surface area contributed by atoms with E-state index in [0.29, 0.717) is 6.61 Å². The van der Waals surface area contributed by atoms with Crippen LogP contribution in [-0.4, -0.2) is 22.2 Å². The number of nitrogens with zero attached hydrogens (tertiary/aromatic N) is 1. The lowest BCUT2D eigenvalue weighted by Crippen LogP contribution is -2.33. The highest BCUT2D eigenvalue weighted by atomic mass is 16.5. The fourth-order valence-electron chi connectivity index (χ4n) is 4.94. The van der Waals surface area contributed by atoms with Gasteiger partial charge in [-0.3, -0.25) is 4.79 Å². The number of hydrogen-bond donors (Lipinski definition) is 1. The summed E-state index contributed by atoms with van der Waals surface area (Å²) in [5, 5.41) is 9.54. The summed E-state index contributed by atoms with van der Waals surface area (Å²) < 4.78 is 8.09.